The van der Waals surface area contributed by atoms with Gasteiger partial charge in [-0.3, -0.25) is 10.1 Å². The van der Waals surface area contributed by atoms with Crippen LogP contribution in [0.2, 0.25) is 0 Å². The number of sulfonamides is 1. The molecule has 0 bridgehead atoms. The van der Waals surface area contributed by atoms with Gasteiger partial charge in [-0.15, -0.1) is 12.4 Å². The van der Waals surface area contributed by atoms with Gasteiger partial charge in [-0.25, -0.2) is 8.42 Å². The third-order valence-corrected chi connectivity index (χ3v) is 5.98. The Morgan fingerprint density at radius 2 is 2.00 bits per heavy atom. The van der Waals surface area contributed by atoms with E-state index in [9.17, 15) is 18.5 Å². The molecule has 2 rings (SSSR count). The van der Waals surface area contributed by atoms with Crippen LogP contribution in [0.4, 0.5) is 5.69 Å². The fourth-order valence-electron chi connectivity index (χ4n) is 2.49. The first-order valence-electron chi connectivity index (χ1n) is 6.73. The van der Waals surface area contributed by atoms with Gasteiger partial charge in [-0.1, -0.05) is 0 Å². The summed E-state index contributed by atoms with van der Waals surface area (Å²) in [5, 5.41) is 14.1. The highest BCUT2D eigenvalue weighted by Gasteiger charge is 2.33. The van der Waals surface area contributed by atoms with Crippen LogP contribution in [0, 0.1) is 24.0 Å². The summed E-state index contributed by atoms with van der Waals surface area (Å²) < 4.78 is 27.1. The van der Waals surface area contributed by atoms with Gasteiger partial charge >= 0.3 is 0 Å². The predicted molar refractivity (Wildman–Crippen MR) is 86.0 cm³/mol. The van der Waals surface area contributed by atoms with Crippen LogP contribution in [0.25, 0.3) is 0 Å². The summed E-state index contributed by atoms with van der Waals surface area (Å²) in [5.74, 6) is 0. The molecule has 1 aromatic carbocycles. The molecule has 22 heavy (non-hydrogen) atoms. The largest absolute Gasteiger partial charge is 0.314 e. The normalized spacial score (nSPS) is 19.5. The van der Waals surface area contributed by atoms with Crippen molar-refractivity contribution in [2.24, 2.45) is 0 Å². The molecule has 0 saturated carbocycles. The van der Waals surface area contributed by atoms with Crippen LogP contribution in [0.3, 0.4) is 0 Å². The molecule has 0 spiro atoms. The van der Waals surface area contributed by atoms with Crippen molar-refractivity contribution in [3.8, 4) is 0 Å². The number of aryl methyl sites for hydroxylation is 1. The number of hydrogen-bond acceptors (Lipinski definition) is 5. The van der Waals surface area contributed by atoms with Crippen molar-refractivity contribution in [1.29, 1.82) is 0 Å². The lowest BCUT2D eigenvalue weighted by Crippen LogP contribution is -2.52. The molecule has 1 N–H and O–H groups in total. The van der Waals surface area contributed by atoms with E-state index in [2.05, 4.69) is 5.32 Å². The van der Waals surface area contributed by atoms with Gasteiger partial charge in [0.05, 0.1) is 9.82 Å². The van der Waals surface area contributed by atoms with Gasteiger partial charge in [-0.05, 0) is 31.9 Å². The van der Waals surface area contributed by atoms with Gasteiger partial charge < -0.3 is 5.32 Å². The number of nitro benzene ring substituents is 1. The fourth-order valence-corrected chi connectivity index (χ4v) is 4.44. The highest BCUT2D eigenvalue weighted by molar-refractivity contribution is 7.89. The lowest BCUT2D eigenvalue weighted by atomic mass is 10.1. The Bertz CT molecular complexity index is 678. The van der Waals surface area contributed by atoms with E-state index >= 15 is 0 Å². The maximum atomic E-state index is 12.8. The highest BCUT2D eigenvalue weighted by atomic mass is 35.5. The van der Waals surface area contributed by atoms with Crippen molar-refractivity contribution in [2.75, 3.05) is 19.6 Å². The molecule has 0 unspecified atom stereocenters. The molecular weight excluding hydrogens is 330 g/mol. The molecular formula is C13H20ClN3O4S. The lowest BCUT2D eigenvalue weighted by Gasteiger charge is -2.33. The monoisotopic (exact) mass is 349 g/mol. The smallest absolute Gasteiger partial charge is 0.271 e. The number of hydrogen-bond donors (Lipinski definition) is 1. The van der Waals surface area contributed by atoms with Crippen molar-refractivity contribution in [3.05, 3.63) is 33.4 Å². The van der Waals surface area contributed by atoms with E-state index in [1.165, 1.54) is 10.4 Å². The molecule has 124 valence electrons. The minimum atomic E-state index is -3.73. The Balaban J connectivity index is 0.00000242. The number of halogens is 1. The quantitative estimate of drug-likeness (QED) is 0.661. The van der Waals surface area contributed by atoms with E-state index in [4.69, 9.17) is 0 Å². The first-order valence-corrected chi connectivity index (χ1v) is 8.17. The number of nitrogens with one attached hydrogen (secondary N) is 1. The predicted octanol–water partition coefficient (Wildman–Crippen LogP) is 1.62. The first kappa shape index (κ1) is 18.8. The highest BCUT2D eigenvalue weighted by Crippen LogP contribution is 2.28. The molecule has 1 aromatic rings. The van der Waals surface area contributed by atoms with E-state index in [-0.39, 0.29) is 29.0 Å². The Morgan fingerprint density at radius 3 is 2.55 bits per heavy atom. The Morgan fingerprint density at radius 1 is 1.36 bits per heavy atom. The summed E-state index contributed by atoms with van der Waals surface area (Å²) in [5.41, 5.74) is 0.969. The molecule has 0 amide bonds. The summed E-state index contributed by atoms with van der Waals surface area (Å²) in [4.78, 5) is 10.4. The molecule has 7 nitrogen and oxygen atoms in total. The van der Waals surface area contributed by atoms with E-state index in [0.29, 0.717) is 30.8 Å². The van der Waals surface area contributed by atoms with E-state index in [1.54, 1.807) is 13.8 Å². The molecule has 9 heteroatoms. The second-order valence-corrected chi connectivity index (χ2v) is 7.17. The maximum absolute atomic E-state index is 12.8. The van der Waals surface area contributed by atoms with Gasteiger partial charge in [0.15, 0.2) is 0 Å². The van der Waals surface area contributed by atoms with Crippen LogP contribution in [0.5, 0.6) is 0 Å². The standard InChI is InChI=1S/C13H19N3O4S.ClH/c1-9-6-12(16(17)18)7-13(11(9)3)21(19,20)15-5-4-14-8-10(15)2;/h6-7,10,14H,4-5,8H2,1-3H3;1H/t10-;/m0./s1. The summed E-state index contributed by atoms with van der Waals surface area (Å²) in [7, 11) is -3.73. The van der Waals surface area contributed by atoms with Crippen LogP contribution >= 0.6 is 12.4 Å². The van der Waals surface area contributed by atoms with E-state index in [0.717, 1.165) is 6.07 Å². The number of benzene rings is 1. The number of nitro groups is 1. The number of rotatable bonds is 3. The summed E-state index contributed by atoms with van der Waals surface area (Å²) in [6, 6.07) is 2.38. The van der Waals surface area contributed by atoms with Gasteiger partial charge in [0.2, 0.25) is 10.0 Å². The maximum Gasteiger partial charge on any atom is 0.271 e. The first-order chi connectivity index (χ1) is 9.75. The number of piperazine rings is 1. The van der Waals surface area contributed by atoms with Crippen LogP contribution in [0.1, 0.15) is 18.1 Å². The average molecular weight is 350 g/mol. The third kappa shape index (κ3) is 3.40. The Kier molecular flexibility index (Phi) is 5.91. The summed E-state index contributed by atoms with van der Waals surface area (Å²) >= 11 is 0. The van der Waals surface area contributed by atoms with Gasteiger partial charge in [0, 0.05) is 37.8 Å². The topological polar surface area (TPSA) is 92.5 Å². The average Bonchev–Trinajstić information content (AvgIpc) is 2.41. The molecule has 0 radical (unpaired) electrons. The van der Waals surface area contributed by atoms with Crippen molar-refractivity contribution in [3.63, 3.8) is 0 Å². The zero-order valence-electron chi connectivity index (χ0n) is 12.7. The van der Waals surface area contributed by atoms with Crippen molar-refractivity contribution in [2.45, 2.75) is 31.7 Å². The van der Waals surface area contributed by atoms with Gasteiger partial charge in [-0.2, -0.15) is 4.31 Å². The third-order valence-electron chi connectivity index (χ3n) is 3.84. The number of nitrogens with zero attached hydrogens (tertiary/aromatic N) is 2. The second-order valence-electron chi connectivity index (χ2n) is 5.31. The van der Waals surface area contributed by atoms with E-state index in [1.807, 2.05) is 6.92 Å². The van der Waals surface area contributed by atoms with Crippen LogP contribution in [0.15, 0.2) is 17.0 Å². The van der Waals surface area contributed by atoms with Crippen LogP contribution < -0.4 is 5.32 Å². The summed E-state index contributed by atoms with van der Waals surface area (Å²) in [6.45, 7) is 6.71. The molecule has 1 aliphatic heterocycles. The molecule has 0 aromatic heterocycles. The summed E-state index contributed by atoms with van der Waals surface area (Å²) in [6.07, 6.45) is 0. The SMILES string of the molecule is Cc1cc([N+](=O)[O-])cc(S(=O)(=O)N2CCNC[C@@H]2C)c1C.Cl. The molecule has 1 atom stereocenters. The second kappa shape index (κ2) is 6.91. The minimum Gasteiger partial charge on any atom is -0.314 e. The van der Waals surface area contributed by atoms with Crippen molar-refractivity contribution < 1.29 is 13.3 Å². The van der Waals surface area contributed by atoms with Gasteiger partial charge in [0.25, 0.3) is 5.69 Å². The van der Waals surface area contributed by atoms with Crippen molar-refractivity contribution in [1.82, 2.24) is 9.62 Å². The van der Waals surface area contributed by atoms with Crippen LogP contribution in [-0.4, -0.2) is 43.3 Å². The number of non-ortho nitro benzene ring substituents is 1. The molecule has 1 aliphatic rings. The zero-order valence-corrected chi connectivity index (χ0v) is 14.3. The molecule has 0 aliphatic carbocycles. The fraction of sp³-hybridized carbons (Fsp3) is 0.538. The minimum absolute atomic E-state index is 0. The van der Waals surface area contributed by atoms with E-state index < -0.39 is 14.9 Å². The van der Waals surface area contributed by atoms with Crippen LogP contribution in [-0.2, 0) is 10.0 Å². The molecule has 1 saturated heterocycles. The molecule has 1 heterocycles. The Labute approximate surface area is 136 Å². The van der Waals surface area contributed by atoms with Crippen molar-refractivity contribution >= 4 is 28.1 Å². The Hall–Kier alpha value is -1.22. The molecule has 1 fully saturated rings. The zero-order chi connectivity index (χ0) is 15.8. The van der Waals surface area contributed by atoms with Gasteiger partial charge in [0.1, 0.15) is 0 Å². The lowest BCUT2D eigenvalue weighted by molar-refractivity contribution is -0.385.